The minimum atomic E-state index is -0.0976. The van der Waals surface area contributed by atoms with Crippen LogP contribution in [0.4, 0.5) is 0 Å². The van der Waals surface area contributed by atoms with E-state index in [1.165, 1.54) is 6.26 Å². The van der Waals surface area contributed by atoms with Gasteiger partial charge in [0.05, 0.1) is 16.8 Å². The van der Waals surface area contributed by atoms with E-state index in [2.05, 4.69) is 26.9 Å². The Balaban J connectivity index is 1.97. The number of hydrogen-bond acceptors (Lipinski definition) is 4. The summed E-state index contributed by atoms with van der Waals surface area (Å²) in [6.07, 6.45) is 1.50. The lowest BCUT2D eigenvalue weighted by atomic mass is 10.0. The van der Waals surface area contributed by atoms with Gasteiger partial charge in [0.25, 0.3) is 5.91 Å². The lowest BCUT2D eigenvalue weighted by Crippen LogP contribution is -2.52. The van der Waals surface area contributed by atoms with E-state index < -0.39 is 0 Å². The summed E-state index contributed by atoms with van der Waals surface area (Å²) < 4.78 is 5.89. The maximum absolute atomic E-state index is 12.3. The Hall–Kier alpha value is -1.32. The van der Waals surface area contributed by atoms with Gasteiger partial charge in [-0.25, -0.2) is 0 Å². The molecule has 1 aliphatic rings. The van der Waals surface area contributed by atoms with Gasteiger partial charge in [-0.05, 0) is 27.9 Å². The number of nitriles is 1. The van der Waals surface area contributed by atoms with E-state index >= 15 is 0 Å². The van der Waals surface area contributed by atoms with Gasteiger partial charge >= 0.3 is 0 Å². The molecule has 1 saturated heterocycles. The van der Waals surface area contributed by atoms with E-state index in [0.717, 1.165) is 13.1 Å². The van der Waals surface area contributed by atoms with E-state index in [9.17, 15) is 10.1 Å². The van der Waals surface area contributed by atoms with E-state index in [4.69, 9.17) is 4.42 Å². The van der Waals surface area contributed by atoms with Crippen molar-refractivity contribution in [1.82, 2.24) is 9.80 Å². The van der Waals surface area contributed by atoms with E-state index in [1.807, 2.05) is 13.8 Å². The first kappa shape index (κ1) is 15.1. The molecule has 0 bridgehead atoms. The van der Waals surface area contributed by atoms with Crippen LogP contribution in [0.2, 0.25) is 0 Å². The van der Waals surface area contributed by atoms with Gasteiger partial charge < -0.3 is 9.32 Å². The summed E-state index contributed by atoms with van der Waals surface area (Å²) in [5, 5.41) is 9.22. The van der Waals surface area contributed by atoms with Crippen molar-refractivity contribution in [3.8, 4) is 6.07 Å². The zero-order valence-electron chi connectivity index (χ0n) is 11.7. The molecule has 1 unspecified atom stereocenters. The van der Waals surface area contributed by atoms with Crippen molar-refractivity contribution >= 4 is 21.8 Å². The Labute approximate surface area is 127 Å². The summed E-state index contributed by atoms with van der Waals surface area (Å²) in [5.74, 6) is 0.542. The summed E-state index contributed by atoms with van der Waals surface area (Å²) in [6, 6.07) is 3.98. The van der Waals surface area contributed by atoms with Crippen LogP contribution < -0.4 is 0 Å². The predicted octanol–water partition coefficient (Wildman–Crippen LogP) is 2.35. The third-order valence-corrected chi connectivity index (χ3v) is 4.19. The Bertz CT molecular complexity index is 513. The number of furan rings is 1. The van der Waals surface area contributed by atoms with Gasteiger partial charge in [0.1, 0.15) is 6.04 Å². The molecule has 1 amide bonds. The minimum absolute atomic E-state index is 0.0809. The second-order valence-corrected chi connectivity index (χ2v) is 6.10. The number of halogens is 1. The number of amides is 1. The highest BCUT2D eigenvalue weighted by Gasteiger charge is 2.29. The van der Waals surface area contributed by atoms with Crippen molar-refractivity contribution in [3.63, 3.8) is 0 Å². The molecule has 1 fully saturated rings. The molecule has 0 N–H and O–H groups in total. The van der Waals surface area contributed by atoms with Crippen molar-refractivity contribution in [3.05, 3.63) is 22.6 Å². The number of nitrogens with zero attached hydrogens (tertiary/aromatic N) is 3. The molecule has 1 atom stereocenters. The highest BCUT2D eigenvalue weighted by molar-refractivity contribution is 9.10. The summed E-state index contributed by atoms with van der Waals surface area (Å²) in [5.41, 5.74) is 0. The van der Waals surface area contributed by atoms with Gasteiger partial charge in [-0.15, -0.1) is 0 Å². The highest BCUT2D eigenvalue weighted by atomic mass is 79.9. The molecule has 2 heterocycles. The SMILES string of the molecule is CC(C)C(C#N)N1CCN(C(=O)c2occc2Br)CC1. The van der Waals surface area contributed by atoms with Crippen molar-refractivity contribution in [2.45, 2.75) is 19.9 Å². The predicted molar refractivity (Wildman–Crippen MR) is 78.1 cm³/mol. The van der Waals surface area contributed by atoms with Crippen molar-refractivity contribution in [1.29, 1.82) is 5.26 Å². The van der Waals surface area contributed by atoms with Crippen molar-refractivity contribution in [2.24, 2.45) is 5.92 Å². The molecule has 0 spiro atoms. The molecule has 1 aromatic heterocycles. The number of piperazine rings is 1. The van der Waals surface area contributed by atoms with E-state index in [1.54, 1.807) is 11.0 Å². The smallest absolute Gasteiger partial charge is 0.290 e. The minimum Gasteiger partial charge on any atom is -0.458 e. The third-order valence-electron chi connectivity index (χ3n) is 3.57. The quantitative estimate of drug-likeness (QED) is 0.847. The molecule has 108 valence electrons. The molecule has 1 aromatic rings. The van der Waals surface area contributed by atoms with Gasteiger partial charge in [0, 0.05) is 26.2 Å². The lowest BCUT2D eigenvalue weighted by Gasteiger charge is -2.37. The van der Waals surface area contributed by atoms with Crippen LogP contribution in [-0.4, -0.2) is 47.9 Å². The zero-order valence-corrected chi connectivity index (χ0v) is 13.3. The fraction of sp³-hybridized carbons (Fsp3) is 0.571. The standard InChI is InChI=1S/C14H18BrN3O2/c1-10(2)12(9-16)17-4-6-18(7-5-17)14(19)13-11(15)3-8-20-13/h3,8,10,12H,4-7H2,1-2H3. The Morgan fingerprint density at radius 2 is 2.05 bits per heavy atom. The molecule has 5 nitrogen and oxygen atoms in total. The number of carbonyl (C=O) groups excluding carboxylic acids is 1. The largest absolute Gasteiger partial charge is 0.458 e. The molecule has 2 rings (SSSR count). The number of hydrogen-bond donors (Lipinski definition) is 0. The Morgan fingerprint density at radius 3 is 2.50 bits per heavy atom. The van der Waals surface area contributed by atoms with Crippen LogP contribution in [0, 0.1) is 17.2 Å². The summed E-state index contributed by atoms with van der Waals surface area (Å²) in [6.45, 7) is 6.78. The van der Waals surface area contributed by atoms with Crippen LogP contribution in [0.1, 0.15) is 24.4 Å². The molecule has 6 heteroatoms. The van der Waals surface area contributed by atoms with Gasteiger partial charge in [-0.1, -0.05) is 13.8 Å². The second-order valence-electron chi connectivity index (χ2n) is 5.24. The summed E-state index contributed by atoms with van der Waals surface area (Å²) in [7, 11) is 0. The van der Waals surface area contributed by atoms with Crippen LogP contribution >= 0.6 is 15.9 Å². The van der Waals surface area contributed by atoms with Gasteiger partial charge in [0.2, 0.25) is 5.76 Å². The van der Waals surface area contributed by atoms with Crippen LogP contribution in [0.3, 0.4) is 0 Å². The maximum atomic E-state index is 12.3. The molecule has 0 aliphatic carbocycles. The molecule has 0 radical (unpaired) electrons. The normalized spacial score (nSPS) is 18.1. The van der Waals surface area contributed by atoms with Gasteiger partial charge in [-0.2, -0.15) is 5.26 Å². The van der Waals surface area contributed by atoms with Gasteiger partial charge in [0.15, 0.2) is 0 Å². The first-order valence-electron chi connectivity index (χ1n) is 6.70. The highest BCUT2D eigenvalue weighted by Crippen LogP contribution is 2.21. The zero-order chi connectivity index (χ0) is 14.7. The third kappa shape index (κ3) is 3.05. The van der Waals surface area contributed by atoms with Crippen molar-refractivity contribution < 1.29 is 9.21 Å². The van der Waals surface area contributed by atoms with Crippen LogP contribution in [0.25, 0.3) is 0 Å². The molecule has 20 heavy (non-hydrogen) atoms. The topological polar surface area (TPSA) is 60.5 Å². The van der Waals surface area contributed by atoms with Crippen LogP contribution in [0.5, 0.6) is 0 Å². The molecule has 0 aromatic carbocycles. The Kier molecular flexibility index (Phi) is 4.84. The monoisotopic (exact) mass is 339 g/mol. The first-order valence-corrected chi connectivity index (χ1v) is 7.49. The summed E-state index contributed by atoms with van der Waals surface area (Å²) >= 11 is 3.30. The number of carbonyl (C=O) groups is 1. The lowest BCUT2D eigenvalue weighted by molar-refractivity contribution is 0.0547. The molecule has 1 aliphatic heterocycles. The number of rotatable bonds is 3. The molecular formula is C14H18BrN3O2. The fourth-order valence-electron chi connectivity index (χ4n) is 2.45. The van der Waals surface area contributed by atoms with Crippen LogP contribution in [0.15, 0.2) is 21.2 Å². The fourth-order valence-corrected chi connectivity index (χ4v) is 2.82. The average Bonchev–Trinajstić information content (AvgIpc) is 2.85. The average molecular weight is 340 g/mol. The van der Waals surface area contributed by atoms with E-state index in [0.29, 0.717) is 29.2 Å². The van der Waals surface area contributed by atoms with Gasteiger partial charge in [-0.3, -0.25) is 9.69 Å². The van der Waals surface area contributed by atoms with Crippen molar-refractivity contribution in [2.75, 3.05) is 26.2 Å². The molecular weight excluding hydrogens is 322 g/mol. The van der Waals surface area contributed by atoms with Crippen LogP contribution in [-0.2, 0) is 0 Å². The second kappa shape index (κ2) is 6.42. The maximum Gasteiger partial charge on any atom is 0.290 e. The van der Waals surface area contributed by atoms with E-state index in [-0.39, 0.29) is 11.9 Å². The summed E-state index contributed by atoms with van der Waals surface area (Å²) in [4.78, 5) is 16.2. The first-order chi connectivity index (χ1) is 9.54. The Morgan fingerprint density at radius 1 is 1.40 bits per heavy atom. The molecule has 0 saturated carbocycles.